The molecule has 0 amide bonds. The number of hydrogen-bond acceptors (Lipinski definition) is 4. The molecule has 0 aliphatic rings. The summed E-state index contributed by atoms with van der Waals surface area (Å²) < 4.78 is 39.7. The van der Waals surface area contributed by atoms with Crippen molar-refractivity contribution < 1.29 is 27.8 Å². The molecule has 0 aliphatic heterocycles. The summed E-state index contributed by atoms with van der Waals surface area (Å²) in [5.74, 6) is -1.72. The molecule has 1 rings (SSSR count). The fraction of sp³-hybridized carbons (Fsp3) is 0.167. The highest BCUT2D eigenvalue weighted by Gasteiger charge is 2.34. The zero-order chi connectivity index (χ0) is 10.8. The molecular formula is C6H3F3N2O3. The van der Waals surface area contributed by atoms with Crippen LogP contribution in [0.2, 0.25) is 0 Å². The standard InChI is InChI=1S/C6H3F3N2O3/c7-6(8,9)4-10-1-3(2-11-4)14-5(12)13/h1-2H,(H,12,13). The molecule has 0 aromatic carbocycles. The van der Waals surface area contributed by atoms with Gasteiger partial charge in [0.2, 0.25) is 5.82 Å². The number of nitrogens with zero attached hydrogens (tertiary/aromatic N) is 2. The van der Waals surface area contributed by atoms with E-state index in [1.807, 2.05) is 0 Å². The Kier molecular flexibility index (Phi) is 2.54. The van der Waals surface area contributed by atoms with Crippen LogP contribution in [0.3, 0.4) is 0 Å². The number of ether oxygens (including phenoxy) is 1. The molecule has 0 bridgehead atoms. The molecule has 1 heterocycles. The van der Waals surface area contributed by atoms with Crippen LogP contribution in [0.4, 0.5) is 18.0 Å². The van der Waals surface area contributed by atoms with E-state index < -0.39 is 18.2 Å². The van der Waals surface area contributed by atoms with Crippen molar-refractivity contribution in [3.05, 3.63) is 18.2 Å². The second-order valence-electron chi connectivity index (χ2n) is 2.11. The van der Waals surface area contributed by atoms with Crippen LogP contribution in [0, 0.1) is 0 Å². The Labute approximate surface area is 75.2 Å². The molecule has 1 N–H and O–H groups in total. The maximum absolute atomic E-state index is 11.9. The summed E-state index contributed by atoms with van der Waals surface area (Å²) in [6.45, 7) is 0. The molecule has 0 fully saturated rings. The van der Waals surface area contributed by atoms with Crippen LogP contribution in [-0.2, 0) is 6.18 Å². The molecule has 0 unspecified atom stereocenters. The third-order valence-electron chi connectivity index (χ3n) is 1.09. The monoisotopic (exact) mass is 208 g/mol. The first-order chi connectivity index (χ1) is 6.39. The summed E-state index contributed by atoms with van der Waals surface area (Å²) in [5, 5.41) is 8.10. The van der Waals surface area contributed by atoms with E-state index in [-0.39, 0.29) is 5.75 Å². The van der Waals surface area contributed by atoms with Crippen LogP contribution in [-0.4, -0.2) is 21.2 Å². The Morgan fingerprint density at radius 3 is 2.21 bits per heavy atom. The van der Waals surface area contributed by atoms with Gasteiger partial charge < -0.3 is 9.84 Å². The van der Waals surface area contributed by atoms with Crippen LogP contribution < -0.4 is 4.74 Å². The Bertz CT molecular complexity index is 335. The number of carboxylic acid groups (broad SMARTS) is 1. The predicted octanol–water partition coefficient (Wildman–Crippen LogP) is 1.55. The summed E-state index contributed by atoms with van der Waals surface area (Å²) in [7, 11) is 0. The summed E-state index contributed by atoms with van der Waals surface area (Å²) in [5.41, 5.74) is 0. The van der Waals surface area contributed by atoms with Crippen LogP contribution in [0.1, 0.15) is 5.82 Å². The minimum absolute atomic E-state index is 0.370. The molecule has 1 aromatic rings. The minimum atomic E-state index is -4.65. The van der Waals surface area contributed by atoms with Crippen molar-refractivity contribution in [1.29, 1.82) is 0 Å². The number of hydrogen-bond donors (Lipinski definition) is 1. The zero-order valence-electron chi connectivity index (χ0n) is 6.45. The van der Waals surface area contributed by atoms with Gasteiger partial charge in [0.15, 0.2) is 5.75 Å². The lowest BCUT2D eigenvalue weighted by Gasteiger charge is -2.04. The Morgan fingerprint density at radius 2 is 1.86 bits per heavy atom. The molecule has 0 atom stereocenters. The van der Waals surface area contributed by atoms with E-state index in [4.69, 9.17) is 5.11 Å². The summed E-state index contributed by atoms with van der Waals surface area (Å²) in [6, 6.07) is 0. The Morgan fingerprint density at radius 1 is 1.36 bits per heavy atom. The average Bonchev–Trinajstić information content (AvgIpc) is 2.02. The smallest absolute Gasteiger partial charge is 0.449 e. The van der Waals surface area contributed by atoms with Crippen LogP contribution >= 0.6 is 0 Å². The number of carbonyl (C=O) groups is 1. The van der Waals surface area contributed by atoms with Crippen molar-refractivity contribution >= 4 is 6.16 Å². The van der Waals surface area contributed by atoms with Gasteiger partial charge in [-0.15, -0.1) is 0 Å². The number of halogens is 3. The second-order valence-corrected chi connectivity index (χ2v) is 2.11. The molecule has 5 nitrogen and oxygen atoms in total. The van der Waals surface area contributed by atoms with Gasteiger partial charge in [0.25, 0.3) is 0 Å². The average molecular weight is 208 g/mol. The first kappa shape index (κ1) is 10.2. The van der Waals surface area contributed by atoms with Crippen molar-refractivity contribution in [2.75, 3.05) is 0 Å². The number of alkyl halides is 3. The first-order valence-corrected chi connectivity index (χ1v) is 3.19. The lowest BCUT2D eigenvalue weighted by Crippen LogP contribution is -2.11. The van der Waals surface area contributed by atoms with Gasteiger partial charge in [-0.3, -0.25) is 0 Å². The largest absolute Gasteiger partial charge is 0.511 e. The first-order valence-electron chi connectivity index (χ1n) is 3.19. The highest BCUT2D eigenvalue weighted by Crippen LogP contribution is 2.26. The van der Waals surface area contributed by atoms with Crippen molar-refractivity contribution in [3.8, 4) is 5.75 Å². The van der Waals surface area contributed by atoms with Crippen LogP contribution in [0.5, 0.6) is 5.75 Å². The van der Waals surface area contributed by atoms with Gasteiger partial charge in [0, 0.05) is 0 Å². The van der Waals surface area contributed by atoms with Gasteiger partial charge >= 0.3 is 12.3 Å². The maximum atomic E-state index is 11.9. The second kappa shape index (κ2) is 3.48. The van der Waals surface area contributed by atoms with E-state index >= 15 is 0 Å². The SMILES string of the molecule is O=C(O)Oc1cnc(C(F)(F)F)nc1. The summed E-state index contributed by atoms with van der Waals surface area (Å²) in [6.07, 6.45) is -5.04. The molecule has 8 heteroatoms. The highest BCUT2D eigenvalue weighted by atomic mass is 19.4. The number of aromatic nitrogens is 2. The molecule has 14 heavy (non-hydrogen) atoms. The summed E-state index contributed by atoms with van der Waals surface area (Å²) in [4.78, 5) is 15.7. The van der Waals surface area contributed by atoms with E-state index in [9.17, 15) is 18.0 Å². The zero-order valence-corrected chi connectivity index (χ0v) is 6.45. The fourth-order valence-electron chi connectivity index (χ4n) is 0.616. The van der Waals surface area contributed by atoms with Gasteiger partial charge in [-0.2, -0.15) is 13.2 Å². The van der Waals surface area contributed by atoms with E-state index in [1.54, 1.807) is 0 Å². The summed E-state index contributed by atoms with van der Waals surface area (Å²) >= 11 is 0. The van der Waals surface area contributed by atoms with Gasteiger partial charge in [-0.1, -0.05) is 0 Å². The normalized spacial score (nSPS) is 11.1. The van der Waals surface area contributed by atoms with Crippen LogP contribution in [0.15, 0.2) is 12.4 Å². The molecule has 0 radical (unpaired) electrons. The number of rotatable bonds is 1. The van der Waals surface area contributed by atoms with E-state index in [0.717, 1.165) is 0 Å². The third kappa shape index (κ3) is 2.57. The molecular weight excluding hydrogens is 205 g/mol. The van der Waals surface area contributed by atoms with Gasteiger partial charge in [0.1, 0.15) is 0 Å². The third-order valence-corrected chi connectivity index (χ3v) is 1.09. The molecule has 0 saturated heterocycles. The van der Waals surface area contributed by atoms with Gasteiger partial charge in [-0.25, -0.2) is 14.8 Å². The Hall–Kier alpha value is -1.86. The molecule has 1 aromatic heterocycles. The van der Waals surface area contributed by atoms with Gasteiger partial charge in [-0.05, 0) is 0 Å². The maximum Gasteiger partial charge on any atom is 0.511 e. The molecule has 0 spiro atoms. The van der Waals surface area contributed by atoms with Gasteiger partial charge in [0.05, 0.1) is 12.4 Å². The quantitative estimate of drug-likeness (QED) is 0.709. The van der Waals surface area contributed by atoms with E-state index in [1.165, 1.54) is 0 Å². The molecule has 0 saturated carbocycles. The van der Waals surface area contributed by atoms with Crippen molar-refractivity contribution in [2.45, 2.75) is 6.18 Å². The van der Waals surface area contributed by atoms with Crippen molar-refractivity contribution in [3.63, 3.8) is 0 Å². The lowest BCUT2D eigenvalue weighted by molar-refractivity contribution is -0.145. The van der Waals surface area contributed by atoms with E-state index in [2.05, 4.69) is 14.7 Å². The lowest BCUT2D eigenvalue weighted by atomic mass is 10.5. The molecule has 0 aliphatic carbocycles. The minimum Gasteiger partial charge on any atom is -0.449 e. The fourth-order valence-corrected chi connectivity index (χ4v) is 0.616. The molecule has 76 valence electrons. The predicted molar refractivity (Wildman–Crippen MR) is 35.7 cm³/mol. The van der Waals surface area contributed by atoms with Crippen molar-refractivity contribution in [1.82, 2.24) is 9.97 Å². The highest BCUT2D eigenvalue weighted by molar-refractivity contribution is 5.60. The Balaban J connectivity index is 2.84. The van der Waals surface area contributed by atoms with Crippen molar-refractivity contribution in [2.24, 2.45) is 0 Å². The van der Waals surface area contributed by atoms with Crippen LogP contribution in [0.25, 0.3) is 0 Å². The topological polar surface area (TPSA) is 72.3 Å². The van der Waals surface area contributed by atoms with E-state index in [0.29, 0.717) is 12.4 Å².